The van der Waals surface area contributed by atoms with Crippen molar-refractivity contribution in [2.24, 2.45) is 5.41 Å². The third kappa shape index (κ3) is 3.56. The molecule has 2 aromatic heterocycles. The third-order valence-corrected chi connectivity index (χ3v) is 6.07. The molecular formula is C22H22F3N5O. The summed E-state index contributed by atoms with van der Waals surface area (Å²) in [6.45, 7) is 7.11. The maximum absolute atomic E-state index is 13.1. The Kier molecular flexibility index (Phi) is 4.55. The number of halogens is 3. The zero-order valence-electron chi connectivity index (χ0n) is 17.2. The van der Waals surface area contributed by atoms with Crippen LogP contribution in [0, 0.1) is 12.3 Å². The standard InChI is InChI=1S/C22H22F3N5O/c1-13(15-4-3-5-16(6-15)22(23,24)25)27-20-18-7-17(8-26-19(18)14(2)28-29-20)30-9-21(10-30)11-31-12-21/h3-8,13H,9-12H2,1-2H3,(H,27,29)/t13-/m1/s1. The highest BCUT2D eigenvalue weighted by molar-refractivity contribution is 5.92. The van der Waals surface area contributed by atoms with Crippen molar-refractivity contribution in [3.05, 3.63) is 53.3 Å². The first kappa shape index (κ1) is 20.0. The molecule has 0 amide bonds. The lowest BCUT2D eigenvalue weighted by molar-refractivity contribution is -0.137. The molecule has 2 aliphatic heterocycles. The fourth-order valence-electron chi connectivity index (χ4n) is 4.22. The molecule has 31 heavy (non-hydrogen) atoms. The number of aryl methyl sites for hydroxylation is 1. The van der Waals surface area contributed by atoms with E-state index < -0.39 is 17.8 Å². The summed E-state index contributed by atoms with van der Waals surface area (Å²) in [5.41, 5.74) is 2.54. The van der Waals surface area contributed by atoms with Crippen LogP contribution in [0.5, 0.6) is 0 Å². The first-order valence-corrected chi connectivity index (χ1v) is 10.1. The van der Waals surface area contributed by atoms with Crippen molar-refractivity contribution < 1.29 is 17.9 Å². The summed E-state index contributed by atoms with van der Waals surface area (Å²) in [7, 11) is 0. The second-order valence-electron chi connectivity index (χ2n) is 8.56. The van der Waals surface area contributed by atoms with Crippen LogP contribution >= 0.6 is 0 Å². The number of aromatic nitrogens is 3. The smallest absolute Gasteiger partial charge is 0.380 e. The molecule has 2 aliphatic rings. The molecule has 1 atom stereocenters. The maximum atomic E-state index is 13.1. The number of fused-ring (bicyclic) bond motifs is 1. The van der Waals surface area contributed by atoms with Gasteiger partial charge in [-0.15, -0.1) is 5.10 Å². The summed E-state index contributed by atoms with van der Waals surface area (Å²) >= 11 is 0. The number of anilines is 2. The molecule has 2 fully saturated rings. The average Bonchev–Trinajstić information content (AvgIpc) is 2.67. The Morgan fingerprint density at radius 1 is 1.16 bits per heavy atom. The monoisotopic (exact) mass is 429 g/mol. The van der Waals surface area contributed by atoms with E-state index in [0.29, 0.717) is 17.1 Å². The predicted molar refractivity (Wildman–Crippen MR) is 111 cm³/mol. The highest BCUT2D eigenvalue weighted by Crippen LogP contribution is 2.41. The Bertz CT molecular complexity index is 1140. The van der Waals surface area contributed by atoms with Crippen LogP contribution < -0.4 is 10.2 Å². The number of hydrogen-bond donors (Lipinski definition) is 1. The van der Waals surface area contributed by atoms with E-state index in [1.54, 1.807) is 13.0 Å². The van der Waals surface area contributed by atoms with Gasteiger partial charge in [0.05, 0.1) is 53.3 Å². The zero-order valence-corrected chi connectivity index (χ0v) is 17.2. The number of pyridine rings is 1. The summed E-state index contributed by atoms with van der Waals surface area (Å²) in [4.78, 5) is 6.85. The van der Waals surface area contributed by atoms with E-state index in [4.69, 9.17) is 4.74 Å². The van der Waals surface area contributed by atoms with E-state index in [0.717, 1.165) is 55.0 Å². The van der Waals surface area contributed by atoms with Gasteiger partial charge in [0.2, 0.25) is 0 Å². The molecule has 1 N–H and O–H groups in total. The fraction of sp³-hybridized carbons (Fsp3) is 0.409. The van der Waals surface area contributed by atoms with Crippen molar-refractivity contribution in [1.82, 2.24) is 15.2 Å². The van der Waals surface area contributed by atoms with Crippen LogP contribution in [0.25, 0.3) is 10.9 Å². The highest BCUT2D eigenvalue weighted by Gasteiger charge is 2.49. The van der Waals surface area contributed by atoms with Crippen LogP contribution in [-0.4, -0.2) is 41.5 Å². The molecule has 0 unspecified atom stereocenters. The van der Waals surface area contributed by atoms with Crippen molar-refractivity contribution >= 4 is 22.4 Å². The zero-order chi connectivity index (χ0) is 21.8. The number of benzene rings is 1. The molecule has 2 saturated heterocycles. The Balaban J connectivity index is 1.44. The molecule has 1 spiro atoms. The molecule has 0 radical (unpaired) electrons. The summed E-state index contributed by atoms with van der Waals surface area (Å²) in [6.07, 6.45) is -2.55. The van der Waals surface area contributed by atoms with E-state index in [1.165, 1.54) is 6.07 Å². The second-order valence-corrected chi connectivity index (χ2v) is 8.56. The van der Waals surface area contributed by atoms with E-state index in [1.807, 2.05) is 19.2 Å². The topological polar surface area (TPSA) is 63.2 Å². The van der Waals surface area contributed by atoms with Crippen LogP contribution in [0.2, 0.25) is 0 Å². The Hall–Kier alpha value is -2.94. The number of ether oxygens (including phenoxy) is 1. The first-order chi connectivity index (χ1) is 14.7. The van der Waals surface area contributed by atoms with Gasteiger partial charge in [0.15, 0.2) is 5.82 Å². The van der Waals surface area contributed by atoms with Crippen molar-refractivity contribution in [3.63, 3.8) is 0 Å². The minimum Gasteiger partial charge on any atom is -0.380 e. The quantitative estimate of drug-likeness (QED) is 0.665. The molecule has 0 bridgehead atoms. The van der Waals surface area contributed by atoms with Crippen LogP contribution in [0.15, 0.2) is 36.5 Å². The maximum Gasteiger partial charge on any atom is 0.416 e. The highest BCUT2D eigenvalue weighted by atomic mass is 19.4. The van der Waals surface area contributed by atoms with E-state index in [2.05, 4.69) is 25.4 Å². The van der Waals surface area contributed by atoms with E-state index >= 15 is 0 Å². The van der Waals surface area contributed by atoms with Crippen LogP contribution in [0.1, 0.15) is 29.8 Å². The largest absolute Gasteiger partial charge is 0.416 e. The number of hydrogen-bond acceptors (Lipinski definition) is 6. The fourth-order valence-corrected chi connectivity index (χ4v) is 4.22. The van der Waals surface area contributed by atoms with Gasteiger partial charge in [0, 0.05) is 18.5 Å². The molecule has 3 aromatic rings. The van der Waals surface area contributed by atoms with Gasteiger partial charge in [-0.3, -0.25) is 4.98 Å². The normalized spacial score (nSPS) is 18.5. The van der Waals surface area contributed by atoms with Crippen LogP contribution in [0.4, 0.5) is 24.7 Å². The van der Waals surface area contributed by atoms with Crippen molar-refractivity contribution in [2.75, 3.05) is 36.5 Å². The van der Waals surface area contributed by atoms with Gasteiger partial charge in [0.1, 0.15) is 0 Å². The minimum atomic E-state index is -4.38. The van der Waals surface area contributed by atoms with Crippen molar-refractivity contribution in [3.8, 4) is 0 Å². The van der Waals surface area contributed by atoms with Crippen molar-refractivity contribution in [2.45, 2.75) is 26.1 Å². The molecule has 4 heterocycles. The van der Waals surface area contributed by atoms with Gasteiger partial charge >= 0.3 is 6.18 Å². The lowest BCUT2D eigenvalue weighted by Crippen LogP contribution is -2.66. The van der Waals surface area contributed by atoms with Crippen LogP contribution in [-0.2, 0) is 10.9 Å². The summed E-state index contributed by atoms with van der Waals surface area (Å²) in [5.74, 6) is 0.502. The summed E-state index contributed by atoms with van der Waals surface area (Å²) in [6, 6.07) is 6.94. The number of alkyl halides is 3. The van der Waals surface area contributed by atoms with Gasteiger partial charge < -0.3 is 15.0 Å². The van der Waals surface area contributed by atoms with Gasteiger partial charge in [-0.2, -0.15) is 18.3 Å². The first-order valence-electron chi connectivity index (χ1n) is 10.1. The lowest BCUT2D eigenvalue weighted by atomic mass is 9.78. The number of nitrogens with zero attached hydrogens (tertiary/aromatic N) is 4. The molecule has 6 nitrogen and oxygen atoms in total. The van der Waals surface area contributed by atoms with Gasteiger partial charge in [0.25, 0.3) is 0 Å². The van der Waals surface area contributed by atoms with Gasteiger partial charge in [-0.25, -0.2) is 0 Å². The van der Waals surface area contributed by atoms with E-state index in [9.17, 15) is 13.2 Å². The summed E-state index contributed by atoms with van der Waals surface area (Å²) in [5, 5.41) is 12.5. The Morgan fingerprint density at radius 2 is 1.94 bits per heavy atom. The number of rotatable bonds is 4. The Morgan fingerprint density at radius 3 is 2.61 bits per heavy atom. The molecular weight excluding hydrogens is 407 g/mol. The summed E-state index contributed by atoms with van der Waals surface area (Å²) < 4.78 is 44.6. The molecule has 9 heteroatoms. The average molecular weight is 429 g/mol. The SMILES string of the molecule is Cc1nnc(N[C@H](C)c2cccc(C(F)(F)F)c2)c2cc(N3CC4(COC4)C3)cnc12. The molecule has 0 aliphatic carbocycles. The molecule has 1 aromatic carbocycles. The predicted octanol–water partition coefficient (Wildman–Crippen LogP) is 4.36. The van der Waals surface area contributed by atoms with Crippen LogP contribution in [0.3, 0.4) is 0 Å². The number of nitrogens with one attached hydrogen (secondary N) is 1. The lowest BCUT2D eigenvalue weighted by Gasteiger charge is -2.55. The Labute approximate surface area is 177 Å². The molecule has 0 saturated carbocycles. The molecule has 162 valence electrons. The molecule has 5 rings (SSSR count). The van der Waals surface area contributed by atoms with Gasteiger partial charge in [-0.1, -0.05) is 12.1 Å². The van der Waals surface area contributed by atoms with Crippen molar-refractivity contribution in [1.29, 1.82) is 0 Å². The van der Waals surface area contributed by atoms with Gasteiger partial charge in [-0.05, 0) is 37.6 Å². The third-order valence-electron chi connectivity index (χ3n) is 6.07. The minimum absolute atomic E-state index is 0.278. The second kappa shape index (κ2) is 7.05. The van der Waals surface area contributed by atoms with E-state index in [-0.39, 0.29) is 5.41 Å².